The maximum atomic E-state index is 12.2. The van der Waals surface area contributed by atoms with Gasteiger partial charge in [0.25, 0.3) is 5.91 Å². The third kappa shape index (κ3) is 3.57. The van der Waals surface area contributed by atoms with Crippen molar-refractivity contribution in [1.82, 2.24) is 15.3 Å². The van der Waals surface area contributed by atoms with Crippen LogP contribution in [-0.4, -0.2) is 47.7 Å². The lowest BCUT2D eigenvalue weighted by atomic mass is 9.98. The molecule has 2 atom stereocenters. The SMILES string of the molecule is CC(C)C[C@@H](Nc1cc2c(c(C3C=NN(C)C3)n1)C(=O)NC2)C(N)=O. The van der Waals surface area contributed by atoms with Crippen LogP contribution in [0, 0.1) is 5.92 Å². The van der Waals surface area contributed by atoms with Gasteiger partial charge in [0.2, 0.25) is 5.91 Å². The number of carbonyl (C=O) groups excluding carboxylic acids is 2. The predicted octanol–water partition coefficient (Wildman–Crippen LogP) is 0.652. The lowest BCUT2D eigenvalue weighted by Gasteiger charge is -2.20. The molecule has 0 saturated heterocycles. The van der Waals surface area contributed by atoms with Gasteiger partial charge in [0.15, 0.2) is 0 Å². The molecule has 3 heterocycles. The van der Waals surface area contributed by atoms with E-state index in [0.29, 0.717) is 42.5 Å². The first-order valence-corrected chi connectivity index (χ1v) is 8.48. The quantitative estimate of drug-likeness (QED) is 0.701. The number of hydrogen-bond donors (Lipinski definition) is 3. The van der Waals surface area contributed by atoms with Crippen molar-refractivity contribution >= 4 is 23.8 Å². The first-order chi connectivity index (χ1) is 11.8. The number of hydrazone groups is 1. The molecule has 0 saturated carbocycles. The minimum absolute atomic E-state index is 0.0542. The Morgan fingerprint density at radius 1 is 1.52 bits per heavy atom. The molecule has 0 aliphatic carbocycles. The summed E-state index contributed by atoms with van der Waals surface area (Å²) in [5.74, 6) is 0.312. The van der Waals surface area contributed by atoms with Crippen molar-refractivity contribution < 1.29 is 9.59 Å². The Kier molecular flexibility index (Phi) is 4.61. The molecular formula is C17H24N6O2. The van der Waals surface area contributed by atoms with Crippen LogP contribution in [0.1, 0.15) is 47.8 Å². The maximum Gasteiger partial charge on any atom is 0.253 e. The lowest BCUT2D eigenvalue weighted by Crippen LogP contribution is -2.37. The molecule has 0 fully saturated rings. The highest BCUT2D eigenvalue weighted by Crippen LogP contribution is 2.29. The molecule has 0 spiro atoms. The minimum Gasteiger partial charge on any atom is -0.368 e. The van der Waals surface area contributed by atoms with Crippen molar-refractivity contribution in [2.75, 3.05) is 18.9 Å². The summed E-state index contributed by atoms with van der Waals surface area (Å²) in [6.07, 6.45) is 2.42. The molecule has 2 aliphatic rings. The van der Waals surface area contributed by atoms with Gasteiger partial charge < -0.3 is 16.4 Å². The van der Waals surface area contributed by atoms with Crippen LogP contribution in [0.3, 0.4) is 0 Å². The number of hydrogen-bond acceptors (Lipinski definition) is 6. The number of primary amides is 1. The minimum atomic E-state index is -0.497. The Labute approximate surface area is 146 Å². The molecule has 1 unspecified atom stereocenters. The summed E-state index contributed by atoms with van der Waals surface area (Å²) in [4.78, 5) is 28.6. The van der Waals surface area contributed by atoms with Crippen molar-refractivity contribution in [1.29, 1.82) is 0 Å². The summed E-state index contributed by atoms with van der Waals surface area (Å²) in [6, 6.07) is 1.33. The Bertz CT molecular complexity index is 730. The lowest BCUT2D eigenvalue weighted by molar-refractivity contribution is -0.119. The van der Waals surface area contributed by atoms with Crippen LogP contribution in [-0.2, 0) is 11.3 Å². The Morgan fingerprint density at radius 3 is 2.88 bits per heavy atom. The summed E-state index contributed by atoms with van der Waals surface area (Å²) >= 11 is 0. The molecule has 2 amide bonds. The zero-order chi connectivity index (χ0) is 18.1. The molecule has 0 aromatic carbocycles. The predicted molar refractivity (Wildman–Crippen MR) is 95.3 cm³/mol. The molecule has 0 bridgehead atoms. The van der Waals surface area contributed by atoms with Gasteiger partial charge in [-0.25, -0.2) is 4.98 Å². The van der Waals surface area contributed by atoms with Gasteiger partial charge >= 0.3 is 0 Å². The average molecular weight is 344 g/mol. The van der Waals surface area contributed by atoms with E-state index >= 15 is 0 Å². The van der Waals surface area contributed by atoms with E-state index in [0.717, 1.165) is 5.56 Å². The molecule has 134 valence electrons. The summed E-state index contributed by atoms with van der Waals surface area (Å²) in [5, 5.41) is 12.0. The summed E-state index contributed by atoms with van der Waals surface area (Å²) in [7, 11) is 1.88. The standard InChI is InChI=1S/C17H24N6O2/c1-9(2)4-12(16(18)24)21-13-5-10-6-19-17(25)14(10)15(22-13)11-7-20-23(3)8-11/h5,7,9,11-12H,4,6,8H2,1-3H3,(H2,18,24)(H,19,25)(H,21,22)/t11?,12-/m1/s1. The van der Waals surface area contributed by atoms with E-state index in [9.17, 15) is 9.59 Å². The number of nitrogens with two attached hydrogens (primary N) is 1. The van der Waals surface area contributed by atoms with Crippen LogP contribution >= 0.6 is 0 Å². The van der Waals surface area contributed by atoms with Crippen LogP contribution in [0.5, 0.6) is 0 Å². The number of pyridine rings is 1. The Hall–Kier alpha value is -2.64. The highest BCUT2D eigenvalue weighted by Gasteiger charge is 2.31. The fraction of sp³-hybridized carbons (Fsp3) is 0.529. The molecular weight excluding hydrogens is 320 g/mol. The van der Waals surface area contributed by atoms with E-state index in [1.807, 2.05) is 32.0 Å². The zero-order valence-electron chi connectivity index (χ0n) is 14.7. The van der Waals surface area contributed by atoms with Gasteiger partial charge in [-0.2, -0.15) is 5.10 Å². The third-order valence-electron chi connectivity index (χ3n) is 4.42. The van der Waals surface area contributed by atoms with Gasteiger partial charge in [-0.05, 0) is 24.0 Å². The highest BCUT2D eigenvalue weighted by atomic mass is 16.2. The molecule has 8 nitrogen and oxygen atoms in total. The van der Waals surface area contributed by atoms with Crippen LogP contribution in [0.4, 0.5) is 5.82 Å². The van der Waals surface area contributed by atoms with Crippen LogP contribution in [0.15, 0.2) is 11.2 Å². The number of rotatable bonds is 6. The van der Waals surface area contributed by atoms with E-state index in [4.69, 9.17) is 5.73 Å². The summed E-state index contributed by atoms with van der Waals surface area (Å²) < 4.78 is 0. The molecule has 25 heavy (non-hydrogen) atoms. The van der Waals surface area contributed by atoms with Gasteiger partial charge in [-0.3, -0.25) is 14.6 Å². The molecule has 2 aliphatic heterocycles. The fourth-order valence-corrected chi connectivity index (χ4v) is 3.25. The van der Waals surface area contributed by atoms with Gasteiger partial charge in [-0.15, -0.1) is 0 Å². The second kappa shape index (κ2) is 6.70. The first kappa shape index (κ1) is 17.2. The third-order valence-corrected chi connectivity index (χ3v) is 4.42. The van der Waals surface area contributed by atoms with E-state index in [2.05, 4.69) is 20.7 Å². The maximum absolute atomic E-state index is 12.2. The van der Waals surface area contributed by atoms with Crippen molar-refractivity contribution in [3.63, 3.8) is 0 Å². The average Bonchev–Trinajstić information content (AvgIpc) is 3.12. The summed E-state index contributed by atoms with van der Waals surface area (Å²) in [6.45, 7) is 5.20. The van der Waals surface area contributed by atoms with Crippen molar-refractivity contribution in [3.8, 4) is 0 Å². The number of likely N-dealkylation sites (N-methyl/N-ethyl adjacent to an activating group) is 1. The van der Waals surface area contributed by atoms with Crippen LogP contribution in [0.25, 0.3) is 0 Å². The number of fused-ring (bicyclic) bond motifs is 1. The number of nitrogens with zero attached hydrogens (tertiary/aromatic N) is 3. The van der Waals surface area contributed by atoms with Crippen LogP contribution in [0.2, 0.25) is 0 Å². The van der Waals surface area contributed by atoms with E-state index < -0.39 is 11.9 Å². The van der Waals surface area contributed by atoms with Crippen LogP contribution < -0.4 is 16.4 Å². The van der Waals surface area contributed by atoms with Gasteiger partial charge in [0.1, 0.15) is 11.9 Å². The highest BCUT2D eigenvalue weighted by molar-refractivity contribution is 6.00. The van der Waals surface area contributed by atoms with Gasteiger partial charge in [0.05, 0.1) is 17.2 Å². The zero-order valence-corrected chi connectivity index (χ0v) is 14.7. The second-order valence-electron chi connectivity index (χ2n) is 7.05. The van der Waals surface area contributed by atoms with Crippen molar-refractivity contribution in [3.05, 3.63) is 22.9 Å². The summed E-state index contributed by atoms with van der Waals surface area (Å²) in [5.41, 5.74) is 7.72. The van der Waals surface area contributed by atoms with Gasteiger partial charge in [0, 0.05) is 26.4 Å². The van der Waals surface area contributed by atoms with E-state index in [1.54, 1.807) is 6.21 Å². The Morgan fingerprint density at radius 2 is 2.28 bits per heavy atom. The number of amides is 2. The number of carbonyl (C=O) groups is 2. The second-order valence-corrected chi connectivity index (χ2v) is 7.05. The fourth-order valence-electron chi connectivity index (χ4n) is 3.25. The first-order valence-electron chi connectivity index (χ1n) is 8.48. The molecule has 3 rings (SSSR count). The van der Waals surface area contributed by atoms with E-state index in [-0.39, 0.29) is 11.8 Å². The molecule has 1 aromatic rings. The molecule has 0 radical (unpaired) electrons. The van der Waals surface area contributed by atoms with E-state index in [1.165, 1.54) is 0 Å². The smallest absolute Gasteiger partial charge is 0.253 e. The number of aromatic nitrogens is 1. The topological polar surface area (TPSA) is 113 Å². The Balaban J connectivity index is 1.94. The van der Waals surface area contributed by atoms with Crippen molar-refractivity contribution in [2.24, 2.45) is 16.8 Å². The molecule has 8 heteroatoms. The van der Waals surface area contributed by atoms with Crippen molar-refractivity contribution in [2.45, 2.75) is 38.8 Å². The number of nitrogens with one attached hydrogen (secondary N) is 2. The molecule has 4 N–H and O–H groups in total. The number of anilines is 1. The van der Waals surface area contributed by atoms with Gasteiger partial charge in [-0.1, -0.05) is 13.8 Å². The molecule has 1 aromatic heterocycles. The largest absolute Gasteiger partial charge is 0.368 e. The monoisotopic (exact) mass is 344 g/mol. The normalized spacial score (nSPS) is 19.9.